The summed E-state index contributed by atoms with van der Waals surface area (Å²) in [5, 5.41) is 18.2. The molecule has 4 heteroatoms. The van der Waals surface area contributed by atoms with Gasteiger partial charge < -0.3 is 19.7 Å². The van der Waals surface area contributed by atoms with Crippen LogP contribution in [-0.2, 0) is 9.47 Å². The fraction of sp³-hybridized carbons (Fsp3) is 1.00. The first kappa shape index (κ1) is 13.8. The van der Waals surface area contributed by atoms with Crippen molar-refractivity contribution in [3.8, 4) is 0 Å². The van der Waals surface area contributed by atoms with Crippen molar-refractivity contribution in [3.05, 3.63) is 0 Å². The SMILES string of the molecule is CC(C)OC[C@H](O[C@@H](C)CO)C(C)O. The van der Waals surface area contributed by atoms with Gasteiger partial charge >= 0.3 is 0 Å². The fourth-order valence-corrected chi connectivity index (χ4v) is 0.921. The molecule has 0 aliphatic carbocycles. The van der Waals surface area contributed by atoms with Gasteiger partial charge in [0.25, 0.3) is 0 Å². The molecule has 0 aromatic rings. The van der Waals surface area contributed by atoms with E-state index in [2.05, 4.69) is 0 Å². The largest absolute Gasteiger partial charge is 0.394 e. The highest BCUT2D eigenvalue weighted by Gasteiger charge is 2.19. The minimum Gasteiger partial charge on any atom is -0.394 e. The van der Waals surface area contributed by atoms with Crippen LogP contribution in [0.25, 0.3) is 0 Å². The van der Waals surface area contributed by atoms with E-state index < -0.39 is 6.10 Å². The highest BCUT2D eigenvalue weighted by atomic mass is 16.6. The van der Waals surface area contributed by atoms with Crippen LogP contribution >= 0.6 is 0 Å². The number of ether oxygens (including phenoxy) is 2. The van der Waals surface area contributed by atoms with Gasteiger partial charge in [0, 0.05) is 0 Å². The average molecular weight is 206 g/mol. The van der Waals surface area contributed by atoms with Gasteiger partial charge in [0.15, 0.2) is 0 Å². The molecule has 1 unspecified atom stereocenters. The number of hydrogen-bond donors (Lipinski definition) is 2. The van der Waals surface area contributed by atoms with Gasteiger partial charge in [-0.15, -0.1) is 0 Å². The standard InChI is InChI=1S/C10H22O4/c1-7(2)13-6-10(9(4)12)14-8(3)5-11/h7-12H,5-6H2,1-4H3/t8-,9?,10-/m0/s1. The van der Waals surface area contributed by atoms with Crippen LogP contribution in [0.4, 0.5) is 0 Å². The summed E-state index contributed by atoms with van der Waals surface area (Å²) in [6, 6.07) is 0. The monoisotopic (exact) mass is 206 g/mol. The lowest BCUT2D eigenvalue weighted by Crippen LogP contribution is -2.36. The van der Waals surface area contributed by atoms with Gasteiger partial charge in [0.2, 0.25) is 0 Å². The molecule has 2 N–H and O–H groups in total. The Hall–Kier alpha value is -0.160. The first-order valence-corrected chi connectivity index (χ1v) is 5.03. The third kappa shape index (κ3) is 6.32. The lowest BCUT2D eigenvalue weighted by Gasteiger charge is -2.24. The number of hydrogen-bond acceptors (Lipinski definition) is 4. The van der Waals surface area contributed by atoms with Gasteiger partial charge in [-0.05, 0) is 27.7 Å². The second kappa shape index (κ2) is 7.17. The predicted octanol–water partition coefficient (Wildman–Crippen LogP) is 0.558. The van der Waals surface area contributed by atoms with E-state index in [0.29, 0.717) is 6.61 Å². The molecule has 0 spiro atoms. The molecule has 3 atom stereocenters. The molecule has 0 aliphatic heterocycles. The Morgan fingerprint density at radius 2 is 1.71 bits per heavy atom. The van der Waals surface area contributed by atoms with E-state index in [-0.39, 0.29) is 24.9 Å². The normalized spacial score (nSPS) is 18.2. The van der Waals surface area contributed by atoms with E-state index in [0.717, 1.165) is 0 Å². The summed E-state index contributed by atoms with van der Waals surface area (Å²) >= 11 is 0. The zero-order chi connectivity index (χ0) is 11.1. The Morgan fingerprint density at radius 3 is 2.07 bits per heavy atom. The van der Waals surface area contributed by atoms with Gasteiger partial charge in [-0.3, -0.25) is 0 Å². The summed E-state index contributed by atoms with van der Waals surface area (Å²) in [5.74, 6) is 0. The maximum atomic E-state index is 9.38. The first-order valence-electron chi connectivity index (χ1n) is 5.03. The van der Waals surface area contributed by atoms with Crippen molar-refractivity contribution in [2.24, 2.45) is 0 Å². The summed E-state index contributed by atoms with van der Waals surface area (Å²) < 4.78 is 10.7. The molecule has 0 aromatic carbocycles. The van der Waals surface area contributed by atoms with Gasteiger partial charge in [-0.1, -0.05) is 0 Å². The van der Waals surface area contributed by atoms with Crippen molar-refractivity contribution in [2.45, 2.75) is 52.1 Å². The molecule has 0 saturated carbocycles. The second-order valence-electron chi connectivity index (χ2n) is 3.79. The van der Waals surface area contributed by atoms with Crippen LogP contribution in [0, 0.1) is 0 Å². The minimum atomic E-state index is -0.595. The molecule has 0 rings (SSSR count). The Labute approximate surface area is 85.8 Å². The molecule has 0 radical (unpaired) electrons. The maximum absolute atomic E-state index is 9.38. The van der Waals surface area contributed by atoms with Crippen molar-refractivity contribution in [2.75, 3.05) is 13.2 Å². The van der Waals surface area contributed by atoms with Crippen LogP contribution in [-0.4, -0.2) is 47.8 Å². The summed E-state index contributed by atoms with van der Waals surface area (Å²) in [6.07, 6.45) is -1.13. The van der Waals surface area contributed by atoms with Crippen LogP contribution in [0.15, 0.2) is 0 Å². The smallest absolute Gasteiger partial charge is 0.107 e. The molecule has 0 amide bonds. The number of aliphatic hydroxyl groups excluding tert-OH is 2. The molecule has 86 valence electrons. The quantitative estimate of drug-likeness (QED) is 0.639. The molecule has 4 nitrogen and oxygen atoms in total. The van der Waals surface area contributed by atoms with Crippen LogP contribution in [0.2, 0.25) is 0 Å². The van der Waals surface area contributed by atoms with E-state index in [1.807, 2.05) is 13.8 Å². The minimum absolute atomic E-state index is 0.0507. The molecular formula is C10H22O4. The van der Waals surface area contributed by atoms with E-state index in [4.69, 9.17) is 14.6 Å². The summed E-state index contributed by atoms with van der Waals surface area (Å²) in [7, 11) is 0. The first-order chi connectivity index (χ1) is 6.47. The zero-order valence-electron chi connectivity index (χ0n) is 9.43. The van der Waals surface area contributed by atoms with Crippen molar-refractivity contribution in [1.29, 1.82) is 0 Å². The summed E-state index contributed by atoms with van der Waals surface area (Å²) in [4.78, 5) is 0. The van der Waals surface area contributed by atoms with E-state index >= 15 is 0 Å². The maximum Gasteiger partial charge on any atom is 0.107 e. The second-order valence-corrected chi connectivity index (χ2v) is 3.79. The predicted molar refractivity (Wildman–Crippen MR) is 54.2 cm³/mol. The third-order valence-corrected chi connectivity index (χ3v) is 1.80. The Bertz CT molecular complexity index is 136. The van der Waals surface area contributed by atoms with Crippen LogP contribution in [0.3, 0.4) is 0 Å². The van der Waals surface area contributed by atoms with Gasteiger partial charge in [0.05, 0.1) is 31.5 Å². The molecule has 0 fully saturated rings. The molecule has 14 heavy (non-hydrogen) atoms. The number of aliphatic hydroxyl groups is 2. The molecule has 0 aliphatic rings. The third-order valence-electron chi connectivity index (χ3n) is 1.80. The highest BCUT2D eigenvalue weighted by Crippen LogP contribution is 2.05. The van der Waals surface area contributed by atoms with Crippen LogP contribution in [0.5, 0.6) is 0 Å². The molecule has 0 saturated heterocycles. The van der Waals surface area contributed by atoms with Crippen LogP contribution in [0.1, 0.15) is 27.7 Å². The summed E-state index contributed by atoms with van der Waals surface area (Å²) in [5.41, 5.74) is 0. The highest BCUT2D eigenvalue weighted by molar-refractivity contribution is 4.66. The van der Waals surface area contributed by atoms with E-state index in [1.165, 1.54) is 0 Å². The Morgan fingerprint density at radius 1 is 1.14 bits per heavy atom. The summed E-state index contributed by atoms with van der Waals surface area (Å²) in [6.45, 7) is 7.55. The molecule has 0 heterocycles. The topological polar surface area (TPSA) is 58.9 Å². The zero-order valence-corrected chi connectivity index (χ0v) is 9.43. The van der Waals surface area contributed by atoms with E-state index in [9.17, 15) is 5.11 Å². The fourth-order valence-electron chi connectivity index (χ4n) is 0.921. The lowest BCUT2D eigenvalue weighted by atomic mass is 10.2. The Balaban J connectivity index is 3.90. The van der Waals surface area contributed by atoms with Crippen molar-refractivity contribution in [3.63, 3.8) is 0 Å². The van der Waals surface area contributed by atoms with Crippen molar-refractivity contribution < 1.29 is 19.7 Å². The Kier molecular flexibility index (Phi) is 7.09. The average Bonchev–Trinajstić information content (AvgIpc) is 2.10. The molecule has 0 bridgehead atoms. The van der Waals surface area contributed by atoms with E-state index in [1.54, 1.807) is 13.8 Å². The number of rotatable bonds is 7. The van der Waals surface area contributed by atoms with Crippen LogP contribution < -0.4 is 0 Å². The van der Waals surface area contributed by atoms with Gasteiger partial charge in [-0.2, -0.15) is 0 Å². The molecule has 0 aromatic heterocycles. The van der Waals surface area contributed by atoms with Gasteiger partial charge in [0.1, 0.15) is 6.10 Å². The van der Waals surface area contributed by atoms with Crippen molar-refractivity contribution >= 4 is 0 Å². The lowest BCUT2D eigenvalue weighted by molar-refractivity contribution is -0.117. The molecular weight excluding hydrogens is 184 g/mol. The van der Waals surface area contributed by atoms with Gasteiger partial charge in [-0.25, -0.2) is 0 Å². The van der Waals surface area contributed by atoms with Crippen molar-refractivity contribution in [1.82, 2.24) is 0 Å².